The standard InChI is InChI=1S/C22H10N8O3/c1-2-14-20(25-3-1)31-17(28-14)11-8-12(18-29-15-21(32-18)26-6-4-23-15)10-13(9-11)19-30-16-22(33-19)27-7-5-24-16/h1-10H. The normalized spacial score (nSPS) is 11.6. The fourth-order valence-electron chi connectivity index (χ4n) is 3.49. The van der Waals surface area contributed by atoms with E-state index < -0.39 is 0 Å². The topological polar surface area (TPSA) is 143 Å². The second-order valence-corrected chi connectivity index (χ2v) is 7.05. The minimum Gasteiger partial charge on any atom is -0.418 e. The van der Waals surface area contributed by atoms with Crippen molar-refractivity contribution in [2.45, 2.75) is 0 Å². The average molecular weight is 434 g/mol. The van der Waals surface area contributed by atoms with Gasteiger partial charge in [0, 0.05) is 47.7 Å². The molecule has 0 N–H and O–H groups in total. The molecule has 0 aliphatic rings. The van der Waals surface area contributed by atoms with E-state index >= 15 is 0 Å². The molecular formula is C22H10N8O3. The van der Waals surface area contributed by atoms with E-state index in [1.165, 1.54) is 0 Å². The summed E-state index contributed by atoms with van der Waals surface area (Å²) >= 11 is 0. The van der Waals surface area contributed by atoms with Crippen molar-refractivity contribution < 1.29 is 13.3 Å². The summed E-state index contributed by atoms with van der Waals surface area (Å²) in [5.74, 6) is 1.05. The predicted molar refractivity (Wildman–Crippen MR) is 114 cm³/mol. The average Bonchev–Trinajstić information content (AvgIpc) is 3.59. The second-order valence-electron chi connectivity index (χ2n) is 7.05. The van der Waals surface area contributed by atoms with Gasteiger partial charge in [0.15, 0.2) is 0 Å². The first-order chi connectivity index (χ1) is 16.3. The Bertz CT molecular complexity index is 1480. The molecule has 6 aromatic heterocycles. The first kappa shape index (κ1) is 17.6. The van der Waals surface area contributed by atoms with Gasteiger partial charge in [-0.25, -0.2) is 29.9 Å². The smallest absolute Gasteiger partial charge is 0.266 e. The zero-order chi connectivity index (χ0) is 21.8. The summed E-state index contributed by atoms with van der Waals surface area (Å²) in [6, 6.07) is 9.15. The van der Waals surface area contributed by atoms with Crippen molar-refractivity contribution in [2.75, 3.05) is 0 Å². The van der Waals surface area contributed by atoms with E-state index in [1.54, 1.807) is 37.1 Å². The lowest BCUT2D eigenvalue weighted by Gasteiger charge is -2.03. The first-order valence-corrected chi connectivity index (χ1v) is 9.83. The number of benzene rings is 1. The highest BCUT2D eigenvalue weighted by Gasteiger charge is 2.19. The lowest BCUT2D eigenvalue weighted by atomic mass is 10.1. The number of hydrogen-bond donors (Lipinski definition) is 0. The maximum absolute atomic E-state index is 5.88. The number of nitrogens with zero attached hydrogens (tertiary/aromatic N) is 8. The summed E-state index contributed by atoms with van der Waals surface area (Å²) in [6.45, 7) is 0. The van der Waals surface area contributed by atoms with Crippen molar-refractivity contribution in [1.82, 2.24) is 39.9 Å². The van der Waals surface area contributed by atoms with Gasteiger partial charge >= 0.3 is 0 Å². The van der Waals surface area contributed by atoms with Gasteiger partial charge in [-0.3, -0.25) is 0 Å². The minimum absolute atomic E-state index is 0.334. The zero-order valence-corrected chi connectivity index (χ0v) is 16.6. The van der Waals surface area contributed by atoms with Crippen LogP contribution in [0.1, 0.15) is 0 Å². The highest BCUT2D eigenvalue weighted by Crippen LogP contribution is 2.34. The predicted octanol–water partition coefficient (Wildman–Crippen LogP) is 4.09. The van der Waals surface area contributed by atoms with Crippen LogP contribution < -0.4 is 0 Å². The van der Waals surface area contributed by atoms with Crippen LogP contribution in [0.4, 0.5) is 0 Å². The molecule has 11 heteroatoms. The van der Waals surface area contributed by atoms with Crippen LogP contribution in [0.25, 0.3) is 68.3 Å². The molecule has 0 spiro atoms. The Labute approximate surface area is 183 Å². The van der Waals surface area contributed by atoms with Gasteiger partial charge in [0.2, 0.25) is 34.7 Å². The third-order valence-corrected chi connectivity index (χ3v) is 4.93. The summed E-state index contributed by atoms with van der Waals surface area (Å²) in [6.07, 6.45) is 7.85. The number of fused-ring (bicyclic) bond motifs is 3. The van der Waals surface area contributed by atoms with Crippen molar-refractivity contribution in [3.63, 3.8) is 0 Å². The van der Waals surface area contributed by atoms with Gasteiger partial charge in [0.1, 0.15) is 5.52 Å². The Morgan fingerprint density at radius 2 is 0.970 bits per heavy atom. The van der Waals surface area contributed by atoms with Crippen LogP contribution in [-0.2, 0) is 0 Å². The second kappa shape index (κ2) is 6.72. The highest BCUT2D eigenvalue weighted by molar-refractivity contribution is 5.80. The Morgan fingerprint density at radius 3 is 1.52 bits per heavy atom. The molecule has 0 fully saturated rings. The molecule has 6 heterocycles. The maximum Gasteiger partial charge on any atom is 0.266 e. The molecule has 0 amide bonds. The molecule has 0 aliphatic carbocycles. The fourth-order valence-corrected chi connectivity index (χ4v) is 3.49. The molecule has 1 aromatic carbocycles. The molecule has 156 valence electrons. The van der Waals surface area contributed by atoms with Gasteiger partial charge in [-0.05, 0) is 30.3 Å². The van der Waals surface area contributed by atoms with E-state index in [0.717, 1.165) is 0 Å². The molecule has 0 saturated carbocycles. The number of aromatic nitrogens is 8. The van der Waals surface area contributed by atoms with E-state index in [2.05, 4.69) is 39.9 Å². The molecule has 11 nitrogen and oxygen atoms in total. The van der Waals surface area contributed by atoms with Gasteiger partial charge in [0.25, 0.3) is 11.4 Å². The summed E-state index contributed by atoms with van der Waals surface area (Å²) in [4.78, 5) is 34.4. The molecule has 7 rings (SSSR count). The SMILES string of the molecule is c1cnc2oc(-c3cc(-c4nc5nccnc5o4)cc(-c4nc5nccnc5o4)c3)nc2c1. The summed E-state index contributed by atoms with van der Waals surface area (Å²) in [5.41, 5.74) is 4.49. The third-order valence-electron chi connectivity index (χ3n) is 4.93. The minimum atomic E-state index is 0.334. The quantitative estimate of drug-likeness (QED) is 0.397. The van der Waals surface area contributed by atoms with Crippen LogP contribution in [0.15, 0.2) is 74.6 Å². The Kier molecular flexibility index (Phi) is 3.58. The van der Waals surface area contributed by atoms with Crippen molar-refractivity contribution in [2.24, 2.45) is 0 Å². The van der Waals surface area contributed by atoms with Crippen LogP contribution in [0.2, 0.25) is 0 Å². The lowest BCUT2D eigenvalue weighted by molar-refractivity contribution is 0.603. The van der Waals surface area contributed by atoms with Crippen molar-refractivity contribution in [3.05, 3.63) is 61.3 Å². The Balaban J connectivity index is 1.46. The van der Waals surface area contributed by atoms with E-state index in [1.807, 2.05) is 24.3 Å². The van der Waals surface area contributed by atoms with Crippen molar-refractivity contribution in [1.29, 1.82) is 0 Å². The lowest BCUT2D eigenvalue weighted by Crippen LogP contribution is -1.87. The zero-order valence-electron chi connectivity index (χ0n) is 16.6. The summed E-state index contributed by atoms with van der Waals surface area (Å²) < 4.78 is 17.5. The van der Waals surface area contributed by atoms with Gasteiger partial charge in [-0.15, -0.1) is 0 Å². The van der Waals surface area contributed by atoms with Gasteiger partial charge in [-0.1, -0.05) is 0 Å². The van der Waals surface area contributed by atoms with Crippen LogP contribution in [0.3, 0.4) is 0 Å². The molecule has 0 unspecified atom stereocenters. The first-order valence-electron chi connectivity index (χ1n) is 9.83. The largest absolute Gasteiger partial charge is 0.418 e. The molecule has 33 heavy (non-hydrogen) atoms. The number of oxazole rings is 3. The molecular weight excluding hydrogens is 424 g/mol. The molecule has 0 radical (unpaired) electrons. The summed E-state index contributed by atoms with van der Waals surface area (Å²) in [5, 5.41) is 0. The molecule has 0 aliphatic heterocycles. The third kappa shape index (κ3) is 2.91. The van der Waals surface area contributed by atoms with Crippen LogP contribution in [0.5, 0.6) is 0 Å². The Hall–Kier alpha value is -5.06. The van der Waals surface area contributed by atoms with E-state index in [9.17, 15) is 0 Å². The number of rotatable bonds is 3. The van der Waals surface area contributed by atoms with E-state index in [4.69, 9.17) is 13.3 Å². The van der Waals surface area contributed by atoms with Crippen molar-refractivity contribution in [3.8, 4) is 34.4 Å². The van der Waals surface area contributed by atoms with Crippen LogP contribution >= 0.6 is 0 Å². The van der Waals surface area contributed by atoms with E-state index in [-0.39, 0.29) is 0 Å². The van der Waals surface area contributed by atoms with Crippen LogP contribution in [0, 0.1) is 0 Å². The summed E-state index contributed by atoms with van der Waals surface area (Å²) in [7, 11) is 0. The molecule has 0 atom stereocenters. The van der Waals surface area contributed by atoms with Crippen LogP contribution in [-0.4, -0.2) is 39.9 Å². The van der Waals surface area contributed by atoms with E-state index in [0.29, 0.717) is 68.3 Å². The molecule has 0 bridgehead atoms. The fraction of sp³-hybridized carbons (Fsp3) is 0. The van der Waals surface area contributed by atoms with Crippen molar-refractivity contribution >= 4 is 34.0 Å². The maximum atomic E-state index is 5.88. The van der Waals surface area contributed by atoms with Gasteiger partial charge in [-0.2, -0.15) is 9.97 Å². The number of pyridine rings is 1. The Morgan fingerprint density at radius 1 is 0.485 bits per heavy atom. The van der Waals surface area contributed by atoms with Gasteiger partial charge < -0.3 is 13.3 Å². The van der Waals surface area contributed by atoms with Gasteiger partial charge in [0.05, 0.1) is 0 Å². The molecule has 7 aromatic rings. The number of hydrogen-bond acceptors (Lipinski definition) is 11. The monoisotopic (exact) mass is 434 g/mol. The molecule has 0 saturated heterocycles. The highest BCUT2D eigenvalue weighted by atomic mass is 16.4.